The number of nitrogens with zero attached hydrogens (tertiary/aromatic N) is 1. The number of furan rings is 1. The first kappa shape index (κ1) is 22.1. The molecule has 7 nitrogen and oxygen atoms in total. The number of anilines is 2. The zero-order valence-corrected chi connectivity index (χ0v) is 18.8. The Kier molecular flexibility index (Phi) is 5.85. The van der Waals surface area contributed by atoms with Gasteiger partial charge < -0.3 is 20.0 Å². The van der Waals surface area contributed by atoms with Crippen LogP contribution >= 0.6 is 0 Å². The standard InChI is InChI=1S/C27H21FN4O3/c1-16-8-9-18(13-22(16)32-27(34)24-7-4-12-35-24)26(33)29-19-10-11-21-23(15-19)31-25(30-21)14-17-5-2-3-6-20(17)28/h2-13,15H,14H2,1H3,(H,29,33)(H,30,31)(H,32,34). The highest BCUT2D eigenvalue weighted by Gasteiger charge is 2.14. The second-order valence-electron chi connectivity index (χ2n) is 8.10. The Labute approximate surface area is 200 Å². The van der Waals surface area contributed by atoms with Gasteiger partial charge in [-0.25, -0.2) is 9.37 Å². The lowest BCUT2D eigenvalue weighted by Crippen LogP contribution is -2.15. The summed E-state index contributed by atoms with van der Waals surface area (Å²) in [7, 11) is 0. The van der Waals surface area contributed by atoms with Crippen molar-refractivity contribution in [3.63, 3.8) is 0 Å². The summed E-state index contributed by atoms with van der Waals surface area (Å²) >= 11 is 0. The van der Waals surface area contributed by atoms with E-state index in [2.05, 4.69) is 20.6 Å². The second-order valence-corrected chi connectivity index (χ2v) is 8.10. The number of imidazole rings is 1. The number of carbonyl (C=O) groups excluding carboxylic acids is 2. The maximum atomic E-state index is 14.0. The van der Waals surface area contributed by atoms with Crippen LogP contribution in [0.1, 0.15) is 37.9 Å². The highest BCUT2D eigenvalue weighted by molar-refractivity contribution is 6.07. The van der Waals surface area contributed by atoms with E-state index in [9.17, 15) is 14.0 Å². The molecule has 0 aliphatic carbocycles. The maximum absolute atomic E-state index is 14.0. The number of benzene rings is 3. The Morgan fingerprint density at radius 2 is 1.83 bits per heavy atom. The van der Waals surface area contributed by atoms with Crippen molar-refractivity contribution >= 4 is 34.2 Å². The van der Waals surface area contributed by atoms with Crippen LogP contribution in [0.25, 0.3) is 11.0 Å². The molecule has 0 spiro atoms. The summed E-state index contributed by atoms with van der Waals surface area (Å²) in [6, 6.07) is 20.2. The average molecular weight is 468 g/mol. The van der Waals surface area contributed by atoms with Gasteiger partial charge in [-0.05, 0) is 66.6 Å². The molecule has 0 aliphatic heterocycles. The van der Waals surface area contributed by atoms with E-state index in [1.165, 1.54) is 12.3 Å². The molecule has 0 unspecified atom stereocenters. The lowest BCUT2D eigenvalue weighted by Gasteiger charge is -2.10. The SMILES string of the molecule is Cc1ccc(C(=O)Nc2ccc3nc(Cc4ccccc4F)[nH]c3c2)cc1NC(=O)c1ccco1. The van der Waals surface area contributed by atoms with E-state index in [-0.39, 0.29) is 17.5 Å². The van der Waals surface area contributed by atoms with Crippen LogP contribution in [0.4, 0.5) is 15.8 Å². The Morgan fingerprint density at radius 1 is 0.971 bits per heavy atom. The molecule has 3 aromatic carbocycles. The van der Waals surface area contributed by atoms with Gasteiger partial charge in [-0.3, -0.25) is 9.59 Å². The zero-order valence-electron chi connectivity index (χ0n) is 18.8. The second kappa shape index (κ2) is 9.26. The molecule has 5 rings (SSSR count). The fraction of sp³-hybridized carbons (Fsp3) is 0.0741. The highest BCUT2D eigenvalue weighted by atomic mass is 19.1. The monoisotopic (exact) mass is 468 g/mol. The molecule has 3 N–H and O–H groups in total. The Hall–Kier alpha value is -4.72. The van der Waals surface area contributed by atoms with Gasteiger partial charge in [-0.2, -0.15) is 0 Å². The van der Waals surface area contributed by atoms with Gasteiger partial charge in [0.2, 0.25) is 0 Å². The first-order chi connectivity index (χ1) is 17.0. The molecular weight excluding hydrogens is 447 g/mol. The third kappa shape index (κ3) is 4.81. The summed E-state index contributed by atoms with van der Waals surface area (Å²) < 4.78 is 19.1. The average Bonchev–Trinajstić information content (AvgIpc) is 3.52. The summed E-state index contributed by atoms with van der Waals surface area (Å²) in [4.78, 5) is 32.9. The molecule has 0 fully saturated rings. The molecule has 0 radical (unpaired) electrons. The van der Waals surface area contributed by atoms with Crippen molar-refractivity contribution in [3.05, 3.63) is 113 Å². The predicted molar refractivity (Wildman–Crippen MR) is 131 cm³/mol. The Balaban J connectivity index is 1.32. The van der Waals surface area contributed by atoms with Gasteiger partial charge in [0.25, 0.3) is 11.8 Å². The Bertz CT molecular complexity index is 1540. The molecule has 0 bridgehead atoms. The zero-order chi connectivity index (χ0) is 24.4. The number of halogens is 1. The van der Waals surface area contributed by atoms with Crippen molar-refractivity contribution in [1.29, 1.82) is 0 Å². The topological polar surface area (TPSA) is 100 Å². The van der Waals surface area contributed by atoms with E-state index in [0.717, 1.165) is 11.1 Å². The van der Waals surface area contributed by atoms with Gasteiger partial charge in [0, 0.05) is 23.4 Å². The highest BCUT2D eigenvalue weighted by Crippen LogP contribution is 2.22. The number of H-pyrrole nitrogens is 1. The minimum Gasteiger partial charge on any atom is -0.459 e. The molecule has 0 aliphatic rings. The number of aromatic amines is 1. The number of amides is 2. The van der Waals surface area contributed by atoms with Crippen LogP contribution in [-0.2, 0) is 6.42 Å². The van der Waals surface area contributed by atoms with Gasteiger partial charge in [0.1, 0.15) is 11.6 Å². The smallest absolute Gasteiger partial charge is 0.291 e. The molecule has 35 heavy (non-hydrogen) atoms. The molecule has 0 saturated heterocycles. The first-order valence-electron chi connectivity index (χ1n) is 11.0. The van der Waals surface area contributed by atoms with E-state index in [0.29, 0.717) is 40.3 Å². The number of nitrogens with one attached hydrogen (secondary N) is 3. The number of hydrogen-bond acceptors (Lipinski definition) is 4. The van der Waals surface area contributed by atoms with Crippen molar-refractivity contribution < 1.29 is 18.4 Å². The van der Waals surface area contributed by atoms with Crippen molar-refractivity contribution in [2.24, 2.45) is 0 Å². The van der Waals surface area contributed by atoms with Crippen molar-refractivity contribution in [1.82, 2.24) is 9.97 Å². The third-order valence-corrected chi connectivity index (χ3v) is 5.60. The largest absolute Gasteiger partial charge is 0.459 e. The normalized spacial score (nSPS) is 10.9. The van der Waals surface area contributed by atoms with Crippen molar-refractivity contribution in [3.8, 4) is 0 Å². The molecule has 174 valence electrons. The Morgan fingerprint density at radius 3 is 2.63 bits per heavy atom. The van der Waals surface area contributed by atoms with Crippen LogP contribution < -0.4 is 10.6 Å². The molecular formula is C27H21FN4O3. The molecule has 2 aromatic heterocycles. The van der Waals surface area contributed by atoms with Crippen molar-refractivity contribution in [2.75, 3.05) is 10.6 Å². The van der Waals surface area contributed by atoms with Crippen molar-refractivity contribution in [2.45, 2.75) is 13.3 Å². The molecule has 0 atom stereocenters. The van der Waals surface area contributed by atoms with E-state index >= 15 is 0 Å². The summed E-state index contributed by atoms with van der Waals surface area (Å²) in [6.45, 7) is 1.84. The fourth-order valence-electron chi connectivity index (χ4n) is 3.74. The quantitative estimate of drug-likeness (QED) is 0.298. The maximum Gasteiger partial charge on any atom is 0.291 e. The molecule has 2 amide bonds. The van der Waals surface area contributed by atoms with Crippen LogP contribution in [0, 0.1) is 12.7 Å². The minimum atomic E-state index is -0.397. The summed E-state index contributed by atoms with van der Waals surface area (Å²) in [5, 5.41) is 5.64. The van der Waals surface area contributed by atoms with Crippen LogP contribution in [0.15, 0.2) is 83.5 Å². The number of hydrogen-bond donors (Lipinski definition) is 3. The van der Waals surface area contributed by atoms with E-state index in [1.807, 2.05) is 6.92 Å². The van der Waals surface area contributed by atoms with Crippen LogP contribution in [0.2, 0.25) is 0 Å². The number of fused-ring (bicyclic) bond motifs is 1. The van der Waals surface area contributed by atoms with Crippen LogP contribution in [-0.4, -0.2) is 21.8 Å². The van der Waals surface area contributed by atoms with Crippen LogP contribution in [0.3, 0.4) is 0 Å². The number of aromatic nitrogens is 2. The minimum absolute atomic E-state index is 0.182. The molecule has 2 heterocycles. The summed E-state index contributed by atoms with van der Waals surface area (Å²) in [6.07, 6.45) is 1.75. The molecule has 5 aromatic rings. The van der Waals surface area contributed by atoms with Gasteiger partial charge >= 0.3 is 0 Å². The molecule has 8 heteroatoms. The number of aryl methyl sites for hydroxylation is 1. The number of carbonyl (C=O) groups is 2. The third-order valence-electron chi connectivity index (χ3n) is 5.60. The van der Waals surface area contributed by atoms with Gasteiger partial charge in [0.15, 0.2) is 5.76 Å². The lowest BCUT2D eigenvalue weighted by molar-refractivity contribution is 0.0993. The fourth-order valence-corrected chi connectivity index (χ4v) is 3.74. The lowest BCUT2D eigenvalue weighted by atomic mass is 10.1. The van der Waals surface area contributed by atoms with E-state index in [1.54, 1.807) is 66.7 Å². The summed E-state index contributed by atoms with van der Waals surface area (Å²) in [5.74, 6) is -0.195. The van der Waals surface area contributed by atoms with E-state index < -0.39 is 5.91 Å². The van der Waals surface area contributed by atoms with Crippen LogP contribution in [0.5, 0.6) is 0 Å². The molecule has 0 saturated carbocycles. The first-order valence-corrected chi connectivity index (χ1v) is 11.0. The number of rotatable bonds is 6. The van der Waals surface area contributed by atoms with Gasteiger partial charge in [-0.1, -0.05) is 24.3 Å². The van der Waals surface area contributed by atoms with E-state index in [4.69, 9.17) is 4.42 Å². The van der Waals surface area contributed by atoms with Gasteiger partial charge in [0.05, 0.1) is 17.3 Å². The van der Waals surface area contributed by atoms with Gasteiger partial charge in [-0.15, -0.1) is 0 Å². The predicted octanol–water partition coefficient (Wildman–Crippen LogP) is 5.70. The summed E-state index contributed by atoms with van der Waals surface area (Å²) in [5.41, 5.74) is 4.27.